The van der Waals surface area contributed by atoms with Crippen LogP contribution in [0.15, 0.2) is 12.4 Å². The number of ether oxygens (including phenoxy) is 1. The molecule has 2 rings (SSSR count). The maximum Gasteiger partial charge on any atom is 0.202 e. The van der Waals surface area contributed by atoms with Crippen molar-refractivity contribution < 1.29 is 4.74 Å². The number of piperidine rings is 1. The number of rotatable bonds is 6. The third-order valence-electron chi connectivity index (χ3n) is 3.64. The fourth-order valence-corrected chi connectivity index (χ4v) is 2.35. The third kappa shape index (κ3) is 3.71. The van der Waals surface area contributed by atoms with Crippen LogP contribution in [0.5, 0.6) is 0 Å². The third-order valence-corrected chi connectivity index (χ3v) is 3.64. The van der Waals surface area contributed by atoms with E-state index in [2.05, 4.69) is 26.8 Å². The molecule has 1 aliphatic heterocycles. The van der Waals surface area contributed by atoms with E-state index in [-0.39, 0.29) is 0 Å². The topological polar surface area (TPSA) is 42.3 Å². The van der Waals surface area contributed by atoms with Gasteiger partial charge < -0.3 is 19.5 Å². The van der Waals surface area contributed by atoms with Gasteiger partial charge in [0.2, 0.25) is 5.95 Å². The highest BCUT2D eigenvalue weighted by Gasteiger charge is 2.16. The van der Waals surface area contributed by atoms with Crippen molar-refractivity contribution in [2.45, 2.75) is 19.4 Å². The minimum Gasteiger partial charge on any atom is -0.383 e. The number of anilines is 1. The maximum atomic E-state index is 5.09. The fourth-order valence-electron chi connectivity index (χ4n) is 2.35. The quantitative estimate of drug-likeness (QED) is 0.828. The number of aromatic nitrogens is 2. The highest BCUT2D eigenvalue weighted by Crippen LogP contribution is 2.16. The van der Waals surface area contributed by atoms with Crippen LogP contribution in [-0.2, 0) is 11.3 Å². The lowest BCUT2D eigenvalue weighted by Gasteiger charge is -2.29. The molecule has 5 heteroatoms. The molecule has 5 nitrogen and oxygen atoms in total. The molecule has 2 heterocycles. The van der Waals surface area contributed by atoms with Crippen molar-refractivity contribution in [1.29, 1.82) is 0 Å². The Kier molecular flexibility index (Phi) is 5.01. The summed E-state index contributed by atoms with van der Waals surface area (Å²) in [5, 5.41) is 3.46. The molecule has 1 aliphatic rings. The summed E-state index contributed by atoms with van der Waals surface area (Å²) in [6.07, 6.45) is 6.40. The molecule has 0 aromatic carbocycles. The summed E-state index contributed by atoms with van der Waals surface area (Å²) in [4.78, 5) is 6.75. The molecule has 1 fully saturated rings. The number of hydrogen-bond acceptors (Lipinski definition) is 4. The van der Waals surface area contributed by atoms with E-state index >= 15 is 0 Å². The lowest BCUT2D eigenvalue weighted by Crippen LogP contribution is -2.33. The van der Waals surface area contributed by atoms with Crippen LogP contribution in [0.1, 0.15) is 12.8 Å². The van der Waals surface area contributed by atoms with Gasteiger partial charge >= 0.3 is 0 Å². The number of nitrogens with one attached hydrogen (secondary N) is 1. The summed E-state index contributed by atoms with van der Waals surface area (Å²) in [6, 6.07) is 0. The van der Waals surface area contributed by atoms with E-state index in [0.717, 1.165) is 31.6 Å². The Balaban J connectivity index is 1.77. The van der Waals surface area contributed by atoms with Gasteiger partial charge in [-0.1, -0.05) is 0 Å². The van der Waals surface area contributed by atoms with Crippen molar-refractivity contribution in [3.8, 4) is 0 Å². The zero-order valence-corrected chi connectivity index (χ0v) is 11.4. The van der Waals surface area contributed by atoms with Crippen molar-refractivity contribution in [3.63, 3.8) is 0 Å². The molecule has 0 saturated carbocycles. The Morgan fingerprint density at radius 3 is 2.94 bits per heavy atom. The second-order valence-corrected chi connectivity index (χ2v) is 5.06. The monoisotopic (exact) mass is 252 g/mol. The fraction of sp³-hybridized carbons (Fsp3) is 0.769. The zero-order chi connectivity index (χ0) is 12.8. The first-order valence-corrected chi connectivity index (χ1v) is 6.72. The van der Waals surface area contributed by atoms with Crippen molar-refractivity contribution in [2.75, 3.05) is 45.7 Å². The van der Waals surface area contributed by atoms with Gasteiger partial charge in [-0.3, -0.25) is 0 Å². The molecule has 1 N–H and O–H groups in total. The van der Waals surface area contributed by atoms with Crippen LogP contribution >= 0.6 is 0 Å². The molecule has 0 bridgehead atoms. The van der Waals surface area contributed by atoms with E-state index in [1.165, 1.54) is 25.9 Å². The SMILES string of the molecule is COCCn1ccnc1NCC1CCN(C)CC1. The van der Waals surface area contributed by atoms with Crippen molar-refractivity contribution in [2.24, 2.45) is 5.92 Å². The van der Waals surface area contributed by atoms with E-state index in [1.807, 2.05) is 12.4 Å². The molecule has 1 aromatic heterocycles. The minimum absolute atomic E-state index is 0.721. The average Bonchev–Trinajstić information content (AvgIpc) is 2.83. The number of likely N-dealkylation sites (tertiary alicyclic amines) is 1. The summed E-state index contributed by atoms with van der Waals surface area (Å²) in [5.74, 6) is 1.74. The highest BCUT2D eigenvalue weighted by atomic mass is 16.5. The number of imidazole rings is 1. The first-order chi connectivity index (χ1) is 8.79. The lowest BCUT2D eigenvalue weighted by molar-refractivity contribution is 0.187. The summed E-state index contributed by atoms with van der Waals surface area (Å²) < 4.78 is 7.20. The van der Waals surface area contributed by atoms with Gasteiger partial charge in [0, 0.05) is 32.6 Å². The van der Waals surface area contributed by atoms with Crippen LogP contribution in [0, 0.1) is 5.92 Å². The molecule has 0 radical (unpaired) electrons. The number of methoxy groups -OCH3 is 1. The van der Waals surface area contributed by atoms with Crippen LogP contribution in [-0.4, -0.2) is 54.8 Å². The summed E-state index contributed by atoms with van der Waals surface area (Å²) in [5.41, 5.74) is 0. The van der Waals surface area contributed by atoms with Crippen molar-refractivity contribution >= 4 is 5.95 Å². The average molecular weight is 252 g/mol. The van der Waals surface area contributed by atoms with Crippen LogP contribution in [0.2, 0.25) is 0 Å². The smallest absolute Gasteiger partial charge is 0.202 e. The zero-order valence-electron chi connectivity index (χ0n) is 11.4. The van der Waals surface area contributed by atoms with Gasteiger partial charge in [0.15, 0.2) is 0 Å². The molecule has 0 spiro atoms. The predicted octanol–water partition coefficient (Wildman–Crippen LogP) is 1.28. The number of nitrogens with zero attached hydrogens (tertiary/aromatic N) is 3. The van der Waals surface area contributed by atoms with E-state index in [9.17, 15) is 0 Å². The normalized spacial score (nSPS) is 18.1. The molecule has 102 valence electrons. The Hall–Kier alpha value is -1.07. The summed E-state index contributed by atoms with van der Waals surface area (Å²) in [7, 11) is 3.92. The highest BCUT2D eigenvalue weighted by molar-refractivity contribution is 5.25. The van der Waals surface area contributed by atoms with Crippen LogP contribution in [0.25, 0.3) is 0 Å². The molecule has 1 saturated heterocycles. The summed E-state index contributed by atoms with van der Waals surface area (Å²) in [6.45, 7) is 5.03. The molecule has 0 atom stereocenters. The van der Waals surface area contributed by atoms with E-state index in [1.54, 1.807) is 7.11 Å². The number of hydrogen-bond donors (Lipinski definition) is 1. The minimum atomic E-state index is 0.721. The molecule has 1 aromatic rings. The first kappa shape index (κ1) is 13.4. The van der Waals surface area contributed by atoms with Crippen LogP contribution < -0.4 is 5.32 Å². The standard InChI is InChI=1S/C13H24N4O/c1-16-6-3-12(4-7-16)11-15-13-14-5-8-17(13)9-10-18-2/h5,8,12H,3-4,6-7,9-11H2,1-2H3,(H,14,15). The largest absolute Gasteiger partial charge is 0.383 e. The lowest BCUT2D eigenvalue weighted by atomic mass is 9.97. The van der Waals surface area contributed by atoms with Gasteiger partial charge in [-0.25, -0.2) is 4.98 Å². The molecule has 0 aliphatic carbocycles. The van der Waals surface area contributed by atoms with E-state index in [0.29, 0.717) is 0 Å². The van der Waals surface area contributed by atoms with Crippen molar-refractivity contribution in [1.82, 2.24) is 14.5 Å². The molecule has 18 heavy (non-hydrogen) atoms. The van der Waals surface area contributed by atoms with Gasteiger partial charge in [-0.05, 0) is 38.9 Å². The predicted molar refractivity (Wildman–Crippen MR) is 72.8 cm³/mol. The Morgan fingerprint density at radius 2 is 2.22 bits per heavy atom. The van der Waals surface area contributed by atoms with E-state index in [4.69, 9.17) is 4.74 Å². The van der Waals surface area contributed by atoms with Gasteiger partial charge in [0.05, 0.1) is 6.61 Å². The molecular formula is C13H24N4O. The second-order valence-electron chi connectivity index (χ2n) is 5.06. The molecule has 0 amide bonds. The van der Waals surface area contributed by atoms with Gasteiger partial charge in [0.25, 0.3) is 0 Å². The van der Waals surface area contributed by atoms with Gasteiger partial charge in [0.1, 0.15) is 0 Å². The molecular weight excluding hydrogens is 228 g/mol. The van der Waals surface area contributed by atoms with Crippen LogP contribution in [0.4, 0.5) is 5.95 Å². The molecule has 0 unspecified atom stereocenters. The Labute approximate surface area is 109 Å². The van der Waals surface area contributed by atoms with Gasteiger partial charge in [-0.15, -0.1) is 0 Å². The Bertz CT molecular complexity index is 345. The van der Waals surface area contributed by atoms with Crippen LogP contribution in [0.3, 0.4) is 0 Å². The summed E-state index contributed by atoms with van der Waals surface area (Å²) >= 11 is 0. The van der Waals surface area contributed by atoms with Gasteiger partial charge in [-0.2, -0.15) is 0 Å². The van der Waals surface area contributed by atoms with Crippen molar-refractivity contribution in [3.05, 3.63) is 12.4 Å². The second kappa shape index (κ2) is 6.75. The first-order valence-electron chi connectivity index (χ1n) is 6.72. The Morgan fingerprint density at radius 1 is 1.44 bits per heavy atom. The maximum absolute atomic E-state index is 5.09. The van der Waals surface area contributed by atoms with E-state index < -0.39 is 0 Å².